The standard InChI is InChI=1S/C15H12BrF3O2/c16-10-6-5-9(12(17)8-10)7-13(20)11-3-1-2-4-14(11)21-15(18)19/h1-6,8,13,15,20H,7H2. The second-order valence-corrected chi connectivity index (χ2v) is 5.29. The Morgan fingerprint density at radius 2 is 1.86 bits per heavy atom. The molecule has 2 aromatic rings. The fraction of sp³-hybridized carbons (Fsp3) is 0.200. The summed E-state index contributed by atoms with van der Waals surface area (Å²) >= 11 is 3.14. The van der Waals surface area contributed by atoms with E-state index in [0.29, 0.717) is 4.47 Å². The lowest BCUT2D eigenvalue weighted by molar-refractivity contribution is -0.0515. The van der Waals surface area contributed by atoms with Gasteiger partial charge in [-0.2, -0.15) is 8.78 Å². The van der Waals surface area contributed by atoms with E-state index in [4.69, 9.17) is 0 Å². The van der Waals surface area contributed by atoms with E-state index in [1.807, 2.05) is 0 Å². The van der Waals surface area contributed by atoms with Gasteiger partial charge in [-0.25, -0.2) is 4.39 Å². The van der Waals surface area contributed by atoms with E-state index < -0.39 is 18.5 Å². The number of aliphatic hydroxyl groups excluding tert-OH is 1. The number of para-hydroxylation sites is 1. The summed E-state index contributed by atoms with van der Waals surface area (Å²) in [5.74, 6) is -0.590. The molecule has 0 aliphatic heterocycles. The second kappa shape index (κ2) is 6.95. The van der Waals surface area contributed by atoms with Gasteiger partial charge in [0, 0.05) is 16.5 Å². The summed E-state index contributed by atoms with van der Waals surface area (Å²) in [6, 6.07) is 10.4. The lowest BCUT2D eigenvalue weighted by Crippen LogP contribution is -2.09. The zero-order valence-electron chi connectivity index (χ0n) is 10.8. The van der Waals surface area contributed by atoms with Gasteiger partial charge in [-0.05, 0) is 23.8 Å². The van der Waals surface area contributed by atoms with Crippen molar-refractivity contribution in [2.24, 2.45) is 0 Å². The molecule has 21 heavy (non-hydrogen) atoms. The van der Waals surface area contributed by atoms with Gasteiger partial charge in [0.05, 0.1) is 6.10 Å². The van der Waals surface area contributed by atoms with Crippen LogP contribution in [0.15, 0.2) is 46.9 Å². The lowest BCUT2D eigenvalue weighted by atomic mass is 10.0. The summed E-state index contributed by atoms with van der Waals surface area (Å²) in [4.78, 5) is 0. The van der Waals surface area contributed by atoms with Crippen molar-refractivity contribution in [2.45, 2.75) is 19.1 Å². The van der Waals surface area contributed by atoms with Gasteiger partial charge in [-0.1, -0.05) is 40.2 Å². The number of halogens is 4. The maximum atomic E-state index is 13.7. The summed E-state index contributed by atoms with van der Waals surface area (Å²) in [7, 11) is 0. The Labute approximate surface area is 128 Å². The molecule has 2 aromatic carbocycles. The Morgan fingerprint density at radius 3 is 2.52 bits per heavy atom. The monoisotopic (exact) mass is 360 g/mol. The van der Waals surface area contributed by atoms with Crippen LogP contribution >= 0.6 is 15.9 Å². The fourth-order valence-electron chi connectivity index (χ4n) is 1.96. The molecular weight excluding hydrogens is 349 g/mol. The quantitative estimate of drug-likeness (QED) is 0.852. The van der Waals surface area contributed by atoms with Crippen molar-refractivity contribution in [1.82, 2.24) is 0 Å². The zero-order chi connectivity index (χ0) is 15.4. The summed E-state index contributed by atoms with van der Waals surface area (Å²) in [5, 5.41) is 10.2. The first kappa shape index (κ1) is 15.9. The average molecular weight is 361 g/mol. The van der Waals surface area contributed by atoms with Gasteiger partial charge in [-0.3, -0.25) is 0 Å². The summed E-state index contributed by atoms with van der Waals surface area (Å²) in [6.07, 6.45) is -1.18. The zero-order valence-corrected chi connectivity index (χ0v) is 12.4. The molecule has 0 heterocycles. The lowest BCUT2D eigenvalue weighted by Gasteiger charge is -2.16. The number of ether oxygens (including phenoxy) is 1. The molecule has 2 rings (SSSR count). The fourth-order valence-corrected chi connectivity index (χ4v) is 2.30. The predicted octanol–water partition coefficient (Wildman–Crippen LogP) is 4.47. The average Bonchev–Trinajstić information content (AvgIpc) is 2.42. The van der Waals surface area contributed by atoms with Crippen molar-refractivity contribution in [3.05, 3.63) is 63.9 Å². The molecular formula is C15H12BrF3O2. The van der Waals surface area contributed by atoms with Crippen LogP contribution in [0.1, 0.15) is 17.2 Å². The normalized spacial score (nSPS) is 12.5. The second-order valence-electron chi connectivity index (χ2n) is 4.37. The number of alkyl halides is 2. The minimum Gasteiger partial charge on any atom is -0.434 e. The van der Waals surface area contributed by atoms with E-state index in [0.717, 1.165) is 0 Å². The summed E-state index contributed by atoms with van der Waals surface area (Å²) < 4.78 is 43.3. The first-order chi connectivity index (χ1) is 9.97. The summed E-state index contributed by atoms with van der Waals surface area (Å²) in [6.45, 7) is -2.98. The highest BCUT2D eigenvalue weighted by Gasteiger charge is 2.17. The Balaban J connectivity index is 2.22. The first-order valence-corrected chi connectivity index (χ1v) is 6.92. The first-order valence-electron chi connectivity index (χ1n) is 6.13. The topological polar surface area (TPSA) is 29.5 Å². The summed E-state index contributed by atoms with van der Waals surface area (Å²) in [5.41, 5.74) is 0.484. The van der Waals surface area contributed by atoms with E-state index in [-0.39, 0.29) is 23.3 Å². The van der Waals surface area contributed by atoms with Gasteiger partial charge in [-0.15, -0.1) is 0 Å². The van der Waals surface area contributed by atoms with Crippen LogP contribution < -0.4 is 4.74 Å². The molecule has 0 aliphatic carbocycles. The van der Waals surface area contributed by atoms with Gasteiger partial charge < -0.3 is 9.84 Å². The molecule has 1 atom stereocenters. The van der Waals surface area contributed by atoms with Crippen molar-refractivity contribution >= 4 is 15.9 Å². The van der Waals surface area contributed by atoms with Crippen LogP contribution in [-0.4, -0.2) is 11.7 Å². The van der Waals surface area contributed by atoms with E-state index in [2.05, 4.69) is 20.7 Å². The predicted molar refractivity (Wildman–Crippen MR) is 75.8 cm³/mol. The molecule has 0 saturated heterocycles. The Morgan fingerprint density at radius 1 is 1.14 bits per heavy atom. The highest BCUT2D eigenvalue weighted by Crippen LogP contribution is 2.29. The number of hydrogen-bond acceptors (Lipinski definition) is 2. The molecule has 2 nitrogen and oxygen atoms in total. The number of rotatable bonds is 5. The van der Waals surface area contributed by atoms with Crippen LogP contribution in [0, 0.1) is 5.82 Å². The van der Waals surface area contributed by atoms with Gasteiger partial charge in [0.25, 0.3) is 0 Å². The number of hydrogen-bond donors (Lipinski definition) is 1. The smallest absolute Gasteiger partial charge is 0.387 e. The molecule has 6 heteroatoms. The van der Waals surface area contributed by atoms with E-state index in [1.165, 1.54) is 30.3 Å². The van der Waals surface area contributed by atoms with Crippen molar-refractivity contribution in [2.75, 3.05) is 0 Å². The molecule has 0 aliphatic rings. The van der Waals surface area contributed by atoms with E-state index in [9.17, 15) is 18.3 Å². The van der Waals surface area contributed by atoms with Crippen molar-refractivity contribution in [3.8, 4) is 5.75 Å². The molecule has 0 fully saturated rings. The molecule has 1 unspecified atom stereocenters. The molecule has 0 radical (unpaired) electrons. The molecule has 1 N–H and O–H groups in total. The van der Waals surface area contributed by atoms with Crippen LogP contribution in [0.3, 0.4) is 0 Å². The van der Waals surface area contributed by atoms with Crippen LogP contribution in [0.2, 0.25) is 0 Å². The van der Waals surface area contributed by atoms with Crippen LogP contribution in [-0.2, 0) is 6.42 Å². The number of aliphatic hydroxyl groups is 1. The maximum Gasteiger partial charge on any atom is 0.387 e. The molecule has 0 amide bonds. The SMILES string of the molecule is OC(Cc1ccc(Br)cc1F)c1ccccc1OC(F)F. The third-order valence-electron chi connectivity index (χ3n) is 2.92. The molecule has 0 aromatic heterocycles. The minimum absolute atomic E-state index is 0.0390. The number of benzene rings is 2. The highest BCUT2D eigenvalue weighted by molar-refractivity contribution is 9.10. The molecule has 0 saturated carbocycles. The van der Waals surface area contributed by atoms with Crippen LogP contribution in [0.5, 0.6) is 5.75 Å². The largest absolute Gasteiger partial charge is 0.434 e. The van der Waals surface area contributed by atoms with Crippen molar-refractivity contribution in [3.63, 3.8) is 0 Å². The molecule has 0 spiro atoms. The van der Waals surface area contributed by atoms with Crippen molar-refractivity contribution in [1.29, 1.82) is 0 Å². The van der Waals surface area contributed by atoms with Crippen molar-refractivity contribution < 1.29 is 23.0 Å². The van der Waals surface area contributed by atoms with Gasteiger partial charge in [0.2, 0.25) is 0 Å². The van der Waals surface area contributed by atoms with Gasteiger partial charge in [0.1, 0.15) is 11.6 Å². The van der Waals surface area contributed by atoms with E-state index >= 15 is 0 Å². The molecule has 0 bridgehead atoms. The minimum atomic E-state index is -2.98. The van der Waals surface area contributed by atoms with E-state index in [1.54, 1.807) is 12.1 Å². The van der Waals surface area contributed by atoms with Gasteiger partial charge >= 0.3 is 6.61 Å². The Hall–Kier alpha value is -1.53. The highest BCUT2D eigenvalue weighted by atomic mass is 79.9. The Kier molecular flexibility index (Phi) is 5.25. The maximum absolute atomic E-state index is 13.7. The third kappa shape index (κ3) is 4.22. The third-order valence-corrected chi connectivity index (χ3v) is 3.42. The van der Waals surface area contributed by atoms with Crippen LogP contribution in [0.25, 0.3) is 0 Å². The molecule has 112 valence electrons. The Bertz CT molecular complexity index is 620. The van der Waals surface area contributed by atoms with Gasteiger partial charge in [0.15, 0.2) is 0 Å². The van der Waals surface area contributed by atoms with Crippen LogP contribution in [0.4, 0.5) is 13.2 Å².